The number of rotatable bonds is 8. The van der Waals surface area contributed by atoms with Crippen molar-refractivity contribution in [2.75, 3.05) is 6.61 Å². The van der Waals surface area contributed by atoms with Gasteiger partial charge in [-0.25, -0.2) is 0 Å². The van der Waals surface area contributed by atoms with Crippen molar-refractivity contribution in [2.45, 2.75) is 31.0 Å². The van der Waals surface area contributed by atoms with E-state index in [1.807, 2.05) is 6.07 Å². The zero-order valence-electron chi connectivity index (χ0n) is 10.3. The fourth-order valence-electron chi connectivity index (χ4n) is 1.57. The highest BCUT2D eigenvalue weighted by Gasteiger charge is 2.32. The van der Waals surface area contributed by atoms with Gasteiger partial charge in [-0.2, -0.15) is 0 Å². The zero-order chi connectivity index (χ0) is 14.3. The van der Waals surface area contributed by atoms with Crippen LogP contribution in [0.3, 0.4) is 0 Å². The summed E-state index contributed by atoms with van der Waals surface area (Å²) in [5.74, 6) is 0. The molecule has 0 fully saturated rings. The molecule has 19 heavy (non-hydrogen) atoms. The van der Waals surface area contributed by atoms with Gasteiger partial charge in [-0.1, -0.05) is 30.3 Å². The van der Waals surface area contributed by atoms with Crippen molar-refractivity contribution in [1.29, 1.82) is 0 Å². The largest absolute Gasteiger partial charge is 0.394 e. The summed E-state index contributed by atoms with van der Waals surface area (Å²) < 4.78 is 5.26. The molecule has 0 bridgehead atoms. The van der Waals surface area contributed by atoms with E-state index >= 15 is 0 Å². The maximum Gasteiger partial charge on any atom is 0.151 e. The van der Waals surface area contributed by atoms with Crippen LogP contribution in [0.1, 0.15) is 5.56 Å². The number of benzene rings is 1. The lowest BCUT2D eigenvalue weighted by molar-refractivity contribution is -0.153. The molecule has 1 aromatic rings. The SMILES string of the molecule is O=CC(O)C(OCc1ccccc1)C(O)C(O)CO. The second kappa shape index (κ2) is 7.98. The average molecular weight is 270 g/mol. The third-order valence-corrected chi connectivity index (χ3v) is 2.68. The molecule has 0 aromatic heterocycles. The average Bonchev–Trinajstić information content (AvgIpc) is 2.47. The second-order valence-corrected chi connectivity index (χ2v) is 4.13. The Hall–Kier alpha value is -1.31. The number of hydrogen-bond acceptors (Lipinski definition) is 6. The van der Waals surface area contributed by atoms with Crippen molar-refractivity contribution < 1.29 is 30.0 Å². The van der Waals surface area contributed by atoms with Crippen molar-refractivity contribution in [3.8, 4) is 0 Å². The first-order valence-electron chi connectivity index (χ1n) is 5.86. The summed E-state index contributed by atoms with van der Waals surface area (Å²) >= 11 is 0. The number of carbonyl (C=O) groups excluding carboxylic acids is 1. The molecule has 0 aliphatic heterocycles. The number of ether oxygens (including phenoxy) is 1. The van der Waals surface area contributed by atoms with Gasteiger partial charge in [0, 0.05) is 0 Å². The van der Waals surface area contributed by atoms with E-state index in [-0.39, 0.29) is 12.9 Å². The quantitative estimate of drug-likeness (QED) is 0.444. The predicted octanol–water partition coefficient (Wildman–Crippen LogP) is -1.15. The first-order valence-corrected chi connectivity index (χ1v) is 5.86. The molecule has 0 saturated heterocycles. The Balaban J connectivity index is 2.67. The number of aliphatic hydroxyl groups excluding tert-OH is 4. The minimum Gasteiger partial charge on any atom is -0.394 e. The summed E-state index contributed by atoms with van der Waals surface area (Å²) in [6, 6.07) is 8.97. The van der Waals surface area contributed by atoms with E-state index in [9.17, 15) is 20.1 Å². The molecule has 6 heteroatoms. The Kier molecular flexibility index (Phi) is 6.61. The van der Waals surface area contributed by atoms with Crippen LogP contribution in [0, 0.1) is 0 Å². The van der Waals surface area contributed by atoms with E-state index in [1.165, 1.54) is 0 Å². The van der Waals surface area contributed by atoms with E-state index in [1.54, 1.807) is 24.3 Å². The molecule has 4 atom stereocenters. The smallest absolute Gasteiger partial charge is 0.151 e. The summed E-state index contributed by atoms with van der Waals surface area (Å²) in [6.45, 7) is -0.635. The number of hydrogen-bond donors (Lipinski definition) is 4. The molecule has 106 valence electrons. The molecule has 1 rings (SSSR count). The normalized spacial score (nSPS) is 17.5. The van der Waals surface area contributed by atoms with Crippen molar-refractivity contribution >= 4 is 6.29 Å². The molecular weight excluding hydrogens is 252 g/mol. The summed E-state index contributed by atoms with van der Waals surface area (Å²) in [5.41, 5.74) is 0.788. The van der Waals surface area contributed by atoms with Gasteiger partial charge < -0.3 is 30.0 Å². The second-order valence-electron chi connectivity index (χ2n) is 4.13. The van der Waals surface area contributed by atoms with Crippen LogP contribution < -0.4 is 0 Å². The number of aliphatic hydroxyl groups is 4. The molecule has 0 aliphatic rings. The van der Waals surface area contributed by atoms with Gasteiger partial charge >= 0.3 is 0 Å². The molecule has 4 unspecified atom stereocenters. The van der Waals surface area contributed by atoms with Gasteiger partial charge in [-0.3, -0.25) is 0 Å². The lowest BCUT2D eigenvalue weighted by Gasteiger charge is -2.27. The molecule has 0 saturated carbocycles. The number of carbonyl (C=O) groups is 1. The van der Waals surface area contributed by atoms with Crippen molar-refractivity contribution in [2.24, 2.45) is 0 Å². The van der Waals surface area contributed by atoms with Gasteiger partial charge in [-0.15, -0.1) is 0 Å². The van der Waals surface area contributed by atoms with Gasteiger partial charge in [0.2, 0.25) is 0 Å². The molecule has 6 nitrogen and oxygen atoms in total. The minimum atomic E-state index is -1.58. The molecule has 0 spiro atoms. The van der Waals surface area contributed by atoms with Gasteiger partial charge in [0.15, 0.2) is 6.29 Å². The van der Waals surface area contributed by atoms with Crippen LogP contribution >= 0.6 is 0 Å². The Morgan fingerprint density at radius 1 is 1.16 bits per heavy atom. The van der Waals surface area contributed by atoms with Gasteiger partial charge in [0.1, 0.15) is 24.4 Å². The van der Waals surface area contributed by atoms with E-state index in [2.05, 4.69) is 0 Å². The standard InChI is InChI=1S/C13H18O6/c14-6-10(16)12(18)13(11(17)7-15)19-8-9-4-2-1-3-5-9/h1-5,7,10-14,16-18H,6,8H2. The Bertz CT molecular complexity index is 369. The summed E-state index contributed by atoms with van der Waals surface area (Å²) in [4.78, 5) is 10.6. The van der Waals surface area contributed by atoms with Crippen LogP contribution in [0.4, 0.5) is 0 Å². The first-order chi connectivity index (χ1) is 9.10. The summed E-state index contributed by atoms with van der Waals surface area (Å²) in [6.07, 6.45) is -5.73. The van der Waals surface area contributed by atoms with Crippen molar-refractivity contribution in [1.82, 2.24) is 0 Å². The maximum atomic E-state index is 10.6. The van der Waals surface area contributed by atoms with Crippen LogP contribution in [0.25, 0.3) is 0 Å². The Morgan fingerprint density at radius 3 is 2.32 bits per heavy atom. The van der Waals surface area contributed by atoms with Crippen LogP contribution in [-0.4, -0.2) is 57.7 Å². The Morgan fingerprint density at radius 2 is 1.79 bits per heavy atom. The number of aldehydes is 1. The van der Waals surface area contributed by atoms with E-state index in [4.69, 9.17) is 9.84 Å². The topological polar surface area (TPSA) is 107 Å². The third-order valence-electron chi connectivity index (χ3n) is 2.68. The van der Waals surface area contributed by atoms with Crippen LogP contribution in [0.5, 0.6) is 0 Å². The molecule has 4 N–H and O–H groups in total. The van der Waals surface area contributed by atoms with E-state index < -0.39 is 31.0 Å². The van der Waals surface area contributed by atoms with Gasteiger partial charge in [0.05, 0.1) is 13.2 Å². The lowest BCUT2D eigenvalue weighted by Crippen LogP contribution is -2.47. The molecule has 1 aromatic carbocycles. The molecule has 0 amide bonds. The fraction of sp³-hybridized carbons (Fsp3) is 0.462. The molecule has 0 aliphatic carbocycles. The maximum absolute atomic E-state index is 10.6. The van der Waals surface area contributed by atoms with Crippen LogP contribution in [-0.2, 0) is 16.1 Å². The predicted molar refractivity (Wildman–Crippen MR) is 66.2 cm³/mol. The van der Waals surface area contributed by atoms with Gasteiger partial charge in [0.25, 0.3) is 0 Å². The Labute approximate surface area is 110 Å². The van der Waals surface area contributed by atoms with Crippen molar-refractivity contribution in [3.63, 3.8) is 0 Å². The fourth-order valence-corrected chi connectivity index (χ4v) is 1.57. The van der Waals surface area contributed by atoms with Crippen molar-refractivity contribution in [3.05, 3.63) is 35.9 Å². The van der Waals surface area contributed by atoms with Gasteiger partial charge in [-0.05, 0) is 5.56 Å². The highest BCUT2D eigenvalue weighted by molar-refractivity contribution is 5.56. The third kappa shape index (κ3) is 4.70. The van der Waals surface area contributed by atoms with E-state index in [0.29, 0.717) is 0 Å². The lowest BCUT2D eigenvalue weighted by atomic mass is 10.0. The monoisotopic (exact) mass is 270 g/mol. The molecule has 0 radical (unpaired) electrons. The minimum absolute atomic E-state index is 0.0611. The summed E-state index contributed by atoms with van der Waals surface area (Å²) in [7, 11) is 0. The van der Waals surface area contributed by atoms with Crippen LogP contribution in [0.15, 0.2) is 30.3 Å². The summed E-state index contributed by atoms with van der Waals surface area (Å²) in [5, 5.41) is 37.3. The highest BCUT2D eigenvalue weighted by Crippen LogP contribution is 2.12. The first kappa shape index (κ1) is 15.7. The highest BCUT2D eigenvalue weighted by atomic mass is 16.5. The molecule has 0 heterocycles. The molecular formula is C13H18O6. The van der Waals surface area contributed by atoms with Crippen LogP contribution in [0.2, 0.25) is 0 Å². The van der Waals surface area contributed by atoms with E-state index in [0.717, 1.165) is 5.56 Å². The zero-order valence-corrected chi connectivity index (χ0v) is 10.3.